The Bertz CT molecular complexity index is 1130. The summed E-state index contributed by atoms with van der Waals surface area (Å²) >= 11 is 0. The summed E-state index contributed by atoms with van der Waals surface area (Å²) in [7, 11) is 1.60. The maximum Gasteiger partial charge on any atom is 0.271 e. The Kier molecular flexibility index (Phi) is 3.24. The van der Waals surface area contributed by atoms with Gasteiger partial charge >= 0.3 is 0 Å². The van der Waals surface area contributed by atoms with Crippen molar-refractivity contribution in [2.75, 3.05) is 12.8 Å². The predicted molar refractivity (Wildman–Crippen MR) is 94.1 cm³/mol. The van der Waals surface area contributed by atoms with Crippen LogP contribution in [0.3, 0.4) is 0 Å². The number of rotatable bonds is 3. The smallest absolute Gasteiger partial charge is 0.271 e. The molecule has 4 aromatic rings. The highest BCUT2D eigenvalue weighted by molar-refractivity contribution is 6.08. The van der Waals surface area contributed by atoms with Gasteiger partial charge in [0.15, 0.2) is 5.69 Å². The van der Waals surface area contributed by atoms with Crippen molar-refractivity contribution in [3.05, 3.63) is 42.2 Å². The van der Waals surface area contributed by atoms with Crippen LogP contribution >= 0.6 is 0 Å². The van der Waals surface area contributed by atoms with E-state index in [1.165, 1.54) is 0 Å². The number of carbonyl (C=O) groups is 1. The lowest BCUT2D eigenvalue weighted by atomic mass is 9.99. The maximum atomic E-state index is 11.4. The number of aromatic amines is 1. The molecular formula is C17H14N6O2. The molecular weight excluding hydrogens is 320 g/mol. The van der Waals surface area contributed by atoms with Gasteiger partial charge in [0.2, 0.25) is 0 Å². The van der Waals surface area contributed by atoms with Crippen LogP contribution in [-0.2, 0) is 0 Å². The van der Waals surface area contributed by atoms with Crippen molar-refractivity contribution < 1.29 is 9.53 Å². The molecule has 0 bridgehead atoms. The molecule has 25 heavy (non-hydrogen) atoms. The molecule has 2 aromatic heterocycles. The molecule has 0 aliphatic heterocycles. The number of benzene rings is 2. The molecule has 0 aliphatic carbocycles. The Balaban J connectivity index is 2.04. The van der Waals surface area contributed by atoms with Gasteiger partial charge in [-0.1, -0.05) is 18.2 Å². The van der Waals surface area contributed by atoms with Gasteiger partial charge in [0.05, 0.1) is 24.5 Å². The zero-order valence-electron chi connectivity index (χ0n) is 13.3. The van der Waals surface area contributed by atoms with Crippen LogP contribution in [0.15, 0.2) is 36.5 Å². The second kappa shape index (κ2) is 5.45. The van der Waals surface area contributed by atoms with E-state index in [1.807, 2.05) is 24.3 Å². The molecule has 5 N–H and O–H groups in total. The quantitative estimate of drug-likeness (QED) is 0.524. The lowest BCUT2D eigenvalue weighted by molar-refractivity contribution is 0.0996. The van der Waals surface area contributed by atoms with Crippen LogP contribution in [0.1, 0.15) is 10.5 Å². The molecule has 8 nitrogen and oxygen atoms in total. The SMILES string of the molecule is COc1cc2cn[nH]c2cc1-c1cccc2c(N)c(C(N)=O)nnc12. The van der Waals surface area contributed by atoms with Gasteiger partial charge in [-0.15, -0.1) is 10.2 Å². The van der Waals surface area contributed by atoms with Gasteiger partial charge in [-0.25, -0.2) is 0 Å². The number of hydrogen-bond acceptors (Lipinski definition) is 6. The molecule has 0 saturated heterocycles. The number of primary amides is 1. The molecule has 0 unspecified atom stereocenters. The molecule has 0 radical (unpaired) electrons. The fourth-order valence-corrected chi connectivity index (χ4v) is 2.90. The standard InChI is InChI=1S/C17H14N6O2/c1-25-13-5-8-7-20-21-12(8)6-11(13)9-3-2-4-10-14(18)16(17(19)24)23-22-15(9)10/h2-7H,1H3,(H2,18,22)(H2,19,24)(H,20,21). The van der Waals surface area contributed by atoms with Crippen LogP contribution in [0.25, 0.3) is 32.9 Å². The number of amides is 1. The average Bonchev–Trinajstić information content (AvgIpc) is 3.07. The fraction of sp³-hybridized carbons (Fsp3) is 0.0588. The van der Waals surface area contributed by atoms with Crippen LogP contribution in [0.4, 0.5) is 5.69 Å². The largest absolute Gasteiger partial charge is 0.496 e. The monoisotopic (exact) mass is 334 g/mol. The summed E-state index contributed by atoms with van der Waals surface area (Å²) in [5, 5.41) is 16.6. The summed E-state index contributed by atoms with van der Waals surface area (Å²) in [5.74, 6) is -0.0467. The Hall–Kier alpha value is -3.68. The minimum absolute atomic E-state index is 0.0411. The van der Waals surface area contributed by atoms with Crippen LogP contribution in [0.2, 0.25) is 0 Å². The summed E-state index contributed by atoms with van der Waals surface area (Å²) in [6.45, 7) is 0. The van der Waals surface area contributed by atoms with Crippen LogP contribution in [-0.4, -0.2) is 33.4 Å². The van der Waals surface area contributed by atoms with E-state index in [0.29, 0.717) is 16.7 Å². The normalized spacial score (nSPS) is 11.1. The van der Waals surface area contributed by atoms with Crippen LogP contribution in [0, 0.1) is 0 Å². The van der Waals surface area contributed by atoms with Crippen LogP contribution < -0.4 is 16.2 Å². The molecule has 0 spiro atoms. The Morgan fingerprint density at radius 1 is 1.20 bits per heavy atom. The number of nitrogens with two attached hydrogens (primary N) is 2. The predicted octanol–water partition coefficient (Wildman–Crippen LogP) is 1.86. The first-order chi connectivity index (χ1) is 12.1. The van der Waals surface area contributed by atoms with Gasteiger partial charge < -0.3 is 16.2 Å². The van der Waals surface area contributed by atoms with E-state index in [4.69, 9.17) is 16.2 Å². The summed E-state index contributed by atoms with van der Waals surface area (Å²) in [6.07, 6.45) is 1.72. The maximum absolute atomic E-state index is 11.4. The molecule has 4 rings (SSSR count). The van der Waals surface area contributed by atoms with Crippen molar-refractivity contribution in [1.82, 2.24) is 20.4 Å². The zero-order valence-corrected chi connectivity index (χ0v) is 13.3. The number of H-pyrrole nitrogens is 1. The van der Waals surface area contributed by atoms with Crippen molar-refractivity contribution in [3.63, 3.8) is 0 Å². The number of ether oxygens (including phenoxy) is 1. The van der Waals surface area contributed by atoms with Crippen molar-refractivity contribution in [3.8, 4) is 16.9 Å². The van der Waals surface area contributed by atoms with E-state index in [0.717, 1.165) is 22.0 Å². The van der Waals surface area contributed by atoms with Crippen molar-refractivity contribution in [2.24, 2.45) is 5.73 Å². The lowest BCUT2D eigenvalue weighted by Crippen LogP contribution is -2.16. The third kappa shape index (κ3) is 2.23. The topological polar surface area (TPSA) is 133 Å². The Morgan fingerprint density at radius 3 is 2.80 bits per heavy atom. The number of hydrogen-bond donors (Lipinski definition) is 3. The number of aromatic nitrogens is 4. The molecule has 0 aliphatic rings. The van der Waals surface area contributed by atoms with Gasteiger partial charge in [-0.3, -0.25) is 9.89 Å². The van der Waals surface area contributed by atoms with E-state index in [1.54, 1.807) is 19.4 Å². The summed E-state index contributed by atoms with van der Waals surface area (Å²) in [4.78, 5) is 11.4. The van der Waals surface area contributed by atoms with E-state index in [-0.39, 0.29) is 11.4 Å². The lowest BCUT2D eigenvalue weighted by Gasteiger charge is -2.12. The summed E-state index contributed by atoms with van der Waals surface area (Å²) < 4.78 is 5.52. The van der Waals surface area contributed by atoms with Gasteiger partial charge in [0, 0.05) is 21.9 Å². The van der Waals surface area contributed by atoms with E-state index in [9.17, 15) is 4.79 Å². The molecule has 0 atom stereocenters. The van der Waals surface area contributed by atoms with Gasteiger partial charge in [0.1, 0.15) is 11.3 Å². The Morgan fingerprint density at radius 2 is 2.04 bits per heavy atom. The van der Waals surface area contributed by atoms with Crippen molar-refractivity contribution in [1.29, 1.82) is 0 Å². The number of nitrogen functional groups attached to an aromatic ring is 1. The number of fused-ring (bicyclic) bond motifs is 2. The number of anilines is 1. The average molecular weight is 334 g/mol. The van der Waals surface area contributed by atoms with E-state index < -0.39 is 5.91 Å². The minimum Gasteiger partial charge on any atom is -0.496 e. The van der Waals surface area contributed by atoms with Crippen molar-refractivity contribution in [2.45, 2.75) is 0 Å². The third-order valence-corrected chi connectivity index (χ3v) is 4.12. The van der Waals surface area contributed by atoms with Gasteiger partial charge in [0.25, 0.3) is 5.91 Å². The molecule has 0 saturated carbocycles. The molecule has 2 heterocycles. The first kappa shape index (κ1) is 14.9. The van der Waals surface area contributed by atoms with Crippen LogP contribution in [0.5, 0.6) is 5.75 Å². The molecule has 1 amide bonds. The van der Waals surface area contributed by atoms with Gasteiger partial charge in [-0.05, 0) is 12.1 Å². The number of nitrogens with one attached hydrogen (secondary N) is 1. The Labute approximate surface area is 141 Å². The summed E-state index contributed by atoms with van der Waals surface area (Å²) in [5.41, 5.74) is 14.5. The zero-order chi connectivity index (χ0) is 17.6. The molecule has 124 valence electrons. The third-order valence-electron chi connectivity index (χ3n) is 4.12. The first-order valence-corrected chi connectivity index (χ1v) is 7.46. The molecule has 8 heteroatoms. The highest BCUT2D eigenvalue weighted by Crippen LogP contribution is 2.37. The number of carbonyl (C=O) groups excluding carboxylic acids is 1. The minimum atomic E-state index is -0.714. The summed E-state index contributed by atoms with van der Waals surface area (Å²) in [6, 6.07) is 9.31. The van der Waals surface area contributed by atoms with E-state index >= 15 is 0 Å². The first-order valence-electron chi connectivity index (χ1n) is 7.46. The van der Waals surface area contributed by atoms with Crippen molar-refractivity contribution >= 4 is 33.4 Å². The fourth-order valence-electron chi connectivity index (χ4n) is 2.90. The molecule has 0 fully saturated rings. The highest BCUT2D eigenvalue weighted by Gasteiger charge is 2.17. The van der Waals surface area contributed by atoms with Gasteiger partial charge in [-0.2, -0.15) is 5.10 Å². The van der Waals surface area contributed by atoms with E-state index in [2.05, 4.69) is 20.4 Å². The second-order valence-corrected chi connectivity index (χ2v) is 5.54. The molecule has 2 aromatic carbocycles. The number of methoxy groups -OCH3 is 1. The second-order valence-electron chi connectivity index (χ2n) is 5.54. The highest BCUT2D eigenvalue weighted by atomic mass is 16.5. The number of nitrogens with zero attached hydrogens (tertiary/aromatic N) is 3.